The fraction of sp³-hybridized carbons (Fsp3) is 0.268. The average Bonchev–Trinajstić information content (AvgIpc) is 3.05. The van der Waals surface area contributed by atoms with Gasteiger partial charge in [-0.3, -0.25) is 0 Å². The molecule has 0 fully saturated rings. The Kier molecular flexibility index (Phi) is 10.2. The first kappa shape index (κ1) is 33.6. The van der Waals surface area contributed by atoms with Crippen LogP contribution in [0.3, 0.4) is 0 Å². The molecule has 1 atom stereocenters. The molecule has 238 valence electrons. The molecular weight excluding hydrogens is 595 g/mol. The normalized spacial score (nSPS) is 13.3. The Morgan fingerprint density at radius 3 is 1.20 bits per heavy atom. The van der Waals surface area contributed by atoms with Crippen LogP contribution in [-0.4, -0.2) is 29.3 Å². The highest BCUT2D eigenvalue weighted by molar-refractivity contribution is 7.00. The van der Waals surface area contributed by atoms with Crippen LogP contribution in [-0.2, 0) is 10.8 Å². The Morgan fingerprint density at radius 1 is 0.500 bits per heavy atom. The Morgan fingerprint density at radius 2 is 0.848 bits per heavy atom. The number of rotatable bonds is 11. The minimum absolute atomic E-state index is 0.0879. The molecule has 0 saturated heterocycles. The predicted octanol–water partition coefficient (Wildman–Crippen LogP) is 7.07. The lowest BCUT2D eigenvalue weighted by atomic mass is 10.1. The second-order valence-corrected chi connectivity index (χ2v) is 22.9. The summed E-state index contributed by atoms with van der Waals surface area (Å²) in [5.74, 6) is 0.884. The van der Waals surface area contributed by atoms with E-state index in [0.29, 0.717) is 6.61 Å². The maximum atomic E-state index is 7.21. The summed E-state index contributed by atoms with van der Waals surface area (Å²) in [6.45, 7) is 14.3. The van der Waals surface area contributed by atoms with Crippen molar-refractivity contribution in [2.45, 2.75) is 64.1 Å². The van der Waals surface area contributed by atoms with Crippen LogP contribution < -0.4 is 30.9 Å². The fourth-order valence-electron chi connectivity index (χ4n) is 6.88. The Bertz CT molecular complexity index is 1570. The maximum Gasteiger partial charge on any atom is 0.319 e. The summed E-state index contributed by atoms with van der Waals surface area (Å²) in [5.41, 5.74) is 8.01. The largest absolute Gasteiger partial charge is 0.534 e. The smallest absolute Gasteiger partial charge is 0.319 e. The van der Waals surface area contributed by atoms with E-state index in [4.69, 9.17) is 14.6 Å². The van der Waals surface area contributed by atoms with E-state index in [-0.39, 0.29) is 16.1 Å². The van der Waals surface area contributed by atoms with Crippen molar-refractivity contribution in [3.05, 3.63) is 151 Å². The number of hydrogen-bond acceptors (Lipinski definition) is 3. The van der Waals surface area contributed by atoms with Gasteiger partial charge < -0.3 is 14.6 Å². The second kappa shape index (κ2) is 13.9. The summed E-state index contributed by atoms with van der Waals surface area (Å²) in [5, 5.41) is 4.88. The van der Waals surface area contributed by atoms with Crippen LogP contribution in [0.2, 0.25) is 10.1 Å². The zero-order valence-electron chi connectivity index (χ0n) is 28.2. The number of nitrogens with two attached hydrogens (primary N) is 1. The monoisotopic (exact) mass is 643 g/mol. The Balaban J connectivity index is 1.38. The molecule has 0 aromatic heterocycles. The van der Waals surface area contributed by atoms with Crippen LogP contribution in [0.15, 0.2) is 146 Å². The standard InChI is InChI=1S/C41H49NO2Si2/c1-40(2,3)45(36-19-11-7-12-20-36,37-21-13-8-14-22-37)43-32-34(42)31-33-27-29-35(30-28-33)44-46(41(4,5)6,38-23-15-9-16-24-38)39-25-17-10-18-26-39/h7-30,34H,31-32,42H2,1-6H3/t34-/m0/s1. The molecule has 0 unspecified atom stereocenters. The zero-order valence-corrected chi connectivity index (χ0v) is 30.2. The molecule has 5 heteroatoms. The molecule has 5 aromatic rings. The summed E-state index contributed by atoms with van der Waals surface area (Å²) < 4.78 is 14.3. The van der Waals surface area contributed by atoms with E-state index in [2.05, 4.69) is 187 Å². The van der Waals surface area contributed by atoms with Gasteiger partial charge >= 0.3 is 8.32 Å². The van der Waals surface area contributed by atoms with E-state index in [1.807, 2.05) is 0 Å². The van der Waals surface area contributed by atoms with Crippen molar-refractivity contribution < 1.29 is 8.85 Å². The van der Waals surface area contributed by atoms with Crippen LogP contribution in [0.4, 0.5) is 0 Å². The van der Waals surface area contributed by atoms with E-state index in [1.165, 1.54) is 26.3 Å². The van der Waals surface area contributed by atoms with Gasteiger partial charge in [-0.05, 0) is 54.9 Å². The molecule has 5 rings (SSSR count). The first-order valence-corrected chi connectivity index (χ1v) is 20.2. The molecule has 0 heterocycles. The second-order valence-electron chi connectivity index (χ2n) is 14.3. The highest BCUT2D eigenvalue weighted by atomic mass is 28.4. The number of benzene rings is 5. The Labute approximate surface area is 278 Å². The predicted molar refractivity (Wildman–Crippen MR) is 200 cm³/mol. The lowest BCUT2D eigenvalue weighted by molar-refractivity contribution is 0.271. The van der Waals surface area contributed by atoms with Crippen LogP contribution >= 0.6 is 0 Å². The third-order valence-electron chi connectivity index (χ3n) is 9.04. The summed E-state index contributed by atoms with van der Waals surface area (Å²) >= 11 is 0. The molecule has 0 spiro atoms. The number of hydrogen-bond donors (Lipinski definition) is 1. The molecule has 0 aliphatic rings. The van der Waals surface area contributed by atoms with Gasteiger partial charge in [-0.2, -0.15) is 0 Å². The van der Waals surface area contributed by atoms with E-state index in [9.17, 15) is 0 Å². The fourth-order valence-corrected chi connectivity index (χ4v) is 15.9. The third-order valence-corrected chi connectivity index (χ3v) is 19.0. The topological polar surface area (TPSA) is 44.5 Å². The van der Waals surface area contributed by atoms with Gasteiger partial charge in [0.05, 0.1) is 6.61 Å². The van der Waals surface area contributed by atoms with E-state index >= 15 is 0 Å². The van der Waals surface area contributed by atoms with E-state index < -0.39 is 16.6 Å². The molecule has 0 radical (unpaired) electrons. The lowest BCUT2D eigenvalue weighted by Crippen LogP contribution is -2.68. The van der Waals surface area contributed by atoms with Crippen molar-refractivity contribution >= 4 is 37.4 Å². The molecule has 0 bridgehead atoms. The van der Waals surface area contributed by atoms with Crippen LogP contribution in [0.25, 0.3) is 0 Å². The van der Waals surface area contributed by atoms with Crippen molar-refractivity contribution in [1.82, 2.24) is 0 Å². The van der Waals surface area contributed by atoms with Gasteiger partial charge in [0.2, 0.25) is 0 Å². The van der Waals surface area contributed by atoms with Crippen LogP contribution in [0.5, 0.6) is 5.75 Å². The molecule has 5 aromatic carbocycles. The molecule has 0 aliphatic heterocycles. The van der Waals surface area contributed by atoms with Crippen molar-refractivity contribution in [2.75, 3.05) is 6.61 Å². The van der Waals surface area contributed by atoms with Gasteiger partial charge in [-0.25, -0.2) is 0 Å². The summed E-state index contributed by atoms with van der Waals surface area (Å²) in [6.07, 6.45) is 0.720. The van der Waals surface area contributed by atoms with E-state index in [1.54, 1.807) is 0 Å². The molecule has 2 N–H and O–H groups in total. The summed E-state index contributed by atoms with van der Waals surface area (Å²) in [7, 11) is -5.34. The van der Waals surface area contributed by atoms with Gasteiger partial charge in [0, 0.05) is 6.04 Å². The summed E-state index contributed by atoms with van der Waals surface area (Å²) in [4.78, 5) is 0. The molecule has 46 heavy (non-hydrogen) atoms. The van der Waals surface area contributed by atoms with Crippen LogP contribution in [0, 0.1) is 0 Å². The van der Waals surface area contributed by atoms with Gasteiger partial charge in [0.1, 0.15) is 5.75 Å². The minimum Gasteiger partial charge on any atom is -0.534 e. The van der Waals surface area contributed by atoms with Gasteiger partial charge in [0.15, 0.2) is 0 Å². The van der Waals surface area contributed by atoms with Crippen molar-refractivity contribution in [3.8, 4) is 5.75 Å². The maximum absolute atomic E-state index is 7.21. The van der Waals surface area contributed by atoms with E-state index in [0.717, 1.165) is 12.2 Å². The minimum atomic E-state index is -2.70. The molecule has 0 saturated carbocycles. The Hall–Kier alpha value is -3.75. The van der Waals surface area contributed by atoms with Gasteiger partial charge in [0.25, 0.3) is 8.32 Å². The van der Waals surface area contributed by atoms with Crippen molar-refractivity contribution in [1.29, 1.82) is 0 Å². The molecule has 3 nitrogen and oxygen atoms in total. The van der Waals surface area contributed by atoms with Crippen molar-refractivity contribution in [2.24, 2.45) is 5.73 Å². The molecule has 0 amide bonds. The lowest BCUT2D eigenvalue weighted by Gasteiger charge is -2.43. The van der Waals surface area contributed by atoms with Gasteiger partial charge in [-0.1, -0.05) is 175 Å². The SMILES string of the molecule is CC(C)(C)[Si](OC[C@@H](N)Cc1ccc(O[Si](c2ccccc2)(c2ccccc2)C(C)(C)C)cc1)(c1ccccc1)c1ccccc1. The first-order valence-electron chi connectivity index (χ1n) is 16.4. The highest BCUT2D eigenvalue weighted by Gasteiger charge is 2.52. The van der Waals surface area contributed by atoms with Crippen molar-refractivity contribution in [3.63, 3.8) is 0 Å². The highest BCUT2D eigenvalue weighted by Crippen LogP contribution is 2.38. The third kappa shape index (κ3) is 6.84. The molecular formula is C41H49NO2Si2. The average molecular weight is 644 g/mol. The molecule has 0 aliphatic carbocycles. The quantitative estimate of drug-likeness (QED) is 0.157. The zero-order chi connectivity index (χ0) is 32.8. The first-order chi connectivity index (χ1) is 22.0. The summed E-state index contributed by atoms with van der Waals surface area (Å²) in [6, 6.07) is 51.4. The van der Waals surface area contributed by atoms with Gasteiger partial charge in [-0.15, -0.1) is 0 Å². The van der Waals surface area contributed by atoms with Crippen LogP contribution in [0.1, 0.15) is 47.1 Å².